The summed E-state index contributed by atoms with van der Waals surface area (Å²) in [4.78, 5) is 23.8. The van der Waals surface area contributed by atoms with Gasteiger partial charge in [-0.1, -0.05) is 12.1 Å². The van der Waals surface area contributed by atoms with Crippen LogP contribution < -0.4 is 5.32 Å². The fourth-order valence-corrected chi connectivity index (χ4v) is 2.61. The topological polar surface area (TPSA) is 49.4 Å². The highest BCUT2D eigenvalue weighted by atomic mass is 19.4. The van der Waals surface area contributed by atoms with Crippen LogP contribution in [0, 0.1) is 5.82 Å². The maximum absolute atomic E-state index is 12.8. The number of aryl methyl sites for hydroxylation is 1. The van der Waals surface area contributed by atoms with Crippen molar-refractivity contribution in [2.75, 3.05) is 13.1 Å². The molecule has 1 N–H and O–H groups in total. The number of benzene rings is 1. The van der Waals surface area contributed by atoms with Gasteiger partial charge < -0.3 is 10.2 Å². The Bertz CT molecular complexity index is 579. The Labute approximate surface area is 136 Å². The van der Waals surface area contributed by atoms with Gasteiger partial charge in [-0.2, -0.15) is 13.2 Å². The molecular weight excluding hydrogens is 328 g/mol. The average Bonchev–Trinajstić information content (AvgIpc) is 2.53. The molecule has 1 aromatic carbocycles. The number of nitrogens with zero attached hydrogens (tertiary/aromatic N) is 1. The lowest BCUT2D eigenvalue weighted by molar-refractivity contribution is -0.186. The minimum Gasteiger partial charge on any atom is -0.353 e. The van der Waals surface area contributed by atoms with Crippen molar-refractivity contribution in [2.45, 2.75) is 37.9 Å². The van der Waals surface area contributed by atoms with Crippen LogP contribution in [-0.4, -0.2) is 42.0 Å². The number of piperidine rings is 1. The lowest BCUT2D eigenvalue weighted by atomic mass is 10.0. The first kappa shape index (κ1) is 18.2. The Morgan fingerprint density at radius 2 is 1.71 bits per heavy atom. The van der Waals surface area contributed by atoms with Gasteiger partial charge in [0.05, 0.1) is 0 Å². The van der Waals surface area contributed by atoms with Gasteiger partial charge in [0.25, 0.3) is 0 Å². The summed E-state index contributed by atoms with van der Waals surface area (Å²) in [6.45, 7) is -0.0531. The normalized spacial score (nSPS) is 16.1. The van der Waals surface area contributed by atoms with E-state index in [9.17, 15) is 27.2 Å². The van der Waals surface area contributed by atoms with Crippen molar-refractivity contribution in [1.29, 1.82) is 0 Å². The van der Waals surface area contributed by atoms with E-state index in [0.29, 0.717) is 19.3 Å². The van der Waals surface area contributed by atoms with E-state index in [1.165, 1.54) is 12.1 Å². The van der Waals surface area contributed by atoms with E-state index in [4.69, 9.17) is 0 Å². The molecule has 0 aliphatic carbocycles. The third kappa shape index (κ3) is 5.21. The summed E-state index contributed by atoms with van der Waals surface area (Å²) in [5.74, 6) is -2.38. The molecule has 0 spiro atoms. The molecule has 1 saturated heterocycles. The molecule has 1 fully saturated rings. The third-order valence-corrected chi connectivity index (χ3v) is 3.94. The van der Waals surface area contributed by atoms with Crippen LogP contribution >= 0.6 is 0 Å². The van der Waals surface area contributed by atoms with Crippen molar-refractivity contribution in [3.63, 3.8) is 0 Å². The summed E-state index contributed by atoms with van der Waals surface area (Å²) in [6, 6.07) is 5.61. The van der Waals surface area contributed by atoms with Crippen LogP contribution in [0.3, 0.4) is 0 Å². The molecule has 24 heavy (non-hydrogen) atoms. The molecular formula is C16H18F4N2O2. The summed E-state index contributed by atoms with van der Waals surface area (Å²) in [5, 5.41) is 2.77. The minimum absolute atomic E-state index is 0.0265. The van der Waals surface area contributed by atoms with E-state index in [-0.39, 0.29) is 37.3 Å². The van der Waals surface area contributed by atoms with Gasteiger partial charge in [-0.25, -0.2) is 4.39 Å². The maximum atomic E-state index is 12.8. The molecule has 132 valence electrons. The molecule has 1 aliphatic rings. The van der Waals surface area contributed by atoms with Crippen LogP contribution in [0.25, 0.3) is 0 Å². The predicted octanol–water partition coefficient (Wildman–Crippen LogP) is 2.43. The van der Waals surface area contributed by atoms with Crippen molar-refractivity contribution in [3.8, 4) is 0 Å². The van der Waals surface area contributed by atoms with Gasteiger partial charge in [-0.05, 0) is 37.0 Å². The van der Waals surface area contributed by atoms with Crippen molar-refractivity contribution >= 4 is 11.8 Å². The molecule has 1 aromatic rings. The minimum atomic E-state index is -4.86. The molecule has 1 heterocycles. The fraction of sp³-hybridized carbons (Fsp3) is 0.500. The Morgan fingerprint density at radius 3 is 2.25 bits per heavy atom. The van der Waals surface area contributed by atoms with E-state index >= 15 is 0 Å². The number of hydrogen-bond acceptors (Lipinski definition) is 2. The first-order valence-electron chi connectivity index (χ1n) is 7.65. The number of carbonyl (C=O) groups excluding carboxylic acids is 2. The van der Waals surface area contributed by atoms with Crippen molar-refractivity contribution in [2.24, 2.45) is 0 Å². The Hall–Kier alpha value is -2.12. The van der Waals surface area contributed by atoms with Crippen LogP contribution in [0.5, 0.6) is 0 Å². The first-order chi connectivity index (χ1) is 11.3. The number of likely N-dealkylation sites (tertiary alicyclic amines) is 1. The van der Waals surface area contributed by atoms with Gasteiger partial charge in [-0.3, -0.25) is 9.59 Å². The number of alkyl halides is 3. The molecule has 2 rings (SSSR count). The van der Waals surface area contributed by atoms with Crippen molar-refractivity contribution in [3.05, 3.63) is 35.6 Å². The Morgan fingerprint density at radius 1 is 1.12 bits per heavy atom. The van der Waals surface area contributed by atoms with Crippen LogP contribution in [-0.2, 0) is 16.0 Å². The fourth-order valence-electron chi connectivity index (χ4n) is 2.61. The number of halogens is 4. The number of hydrogen-bond donors (Lipinski definition) is 1. The van der Waals surface area contributed by atoms with Crippen molar-refractivity contribution < 1.29 is 27.2 Å². The lowest BCUT2D eigenvalue weighted by Gasteiger charge is -2.32. The molecule has 0 saturated carbocycles. The van der Waals surface area contributed by atoms with Crippen LogP contribution in [0.1, 0.15) is 24.8 Å². The largest absolute Gasteiger partial charge is 0.471 e. The third-order valence-electron chi connectivity index (χ3n) is 3.94. The van der Waals surface area contributed by atoms with Gasteiger partial charge in [0.1, 0.15) is 5.82 Å². The van der Waals surface area contributed by atoms with Gasteiger partial charge in [-0.15, -0.1) is 0 Å². The Balaban J connectivity index is 1.72. The molecule has 0 atom stereocenters. The zero-order chi connectivity index (χ0) is 17.7. The number of rotatable bonds is 4. The highest BCUT2D eigenvalue weighted by Crippen LogP contribution is 2.21. The van der Waals surface area contributed by atoms with Crippen LogP contribution in [0.4, 0.5) is 17.6 Å². The SMILES string of the molecule is O=C(CCc1ccc(F)cc1)NC1CCN(C(=O)C(F)(F)F)CC1. The van der Waals surface area contributed by atoms with E-state index < -0.39 is 12.1 Å². The van der Waals surface area contributed by atoms with Crippen LogP contribution in [0.15, 0.2) is 24.3 Å². The van der Waals surface area contributed by atoms with E-state index in [2.05, 4.69) is 5.32 Å². The quantitative estimate of drug-likeness (QED) is 0.852. The molecule has 2 amide bonds. The highest BCUT2D eigenvalue weighted by molar-refractivity contribution is 5.82. The molecule has 0 bridgehead atoms. The Kier molecular flexibility index (Phi) is 5.80. The molecule has 1 aliphatic heterocycles. The lowest BCUT2D eigenvalue weighted by Crippen LogP contribution is -2.50. The van der Waals surface area contributed by atoms with E-state index in [1.54, 1.807) is 12.1 Å². The molecule has 8 heteroatoms. The standard InChI is InChI=1S/C16H18F4N2O2/c17-12-4-1-11(2-5-12)3-6-14(23)21-13-7-9-22(10-8-13)15(24)16(18,19)20/h1-2,4-5,13H,3,6-10H2,(H,21,23). The van der Waals surface area contributed by atoms with Gasteiger partial charge in [0.15, 0.2) is 0 Å². The molecule has 4 nitrogen and oxygen atoms in total. The molecule has 0 unspecified atom stereocenters. The second-order valence-electron chi connectivity index (χ2n) is 5.76. The van der Waals surface area contributed by atoms with Gasteiger partial charge >= 0.3 is 12.1 Å². The maximum Gasteiger partial charge on any atom is 0.471 e. The second-order valence-corrected chi connectivity index (χ2v) is 5.76. The van der Waals surface area contributed by atoms with Crippen molar-refractivity contribution in [1.82, 2.24) is 10.2 Å². The zero-order valence-corrected chi connectivity index (χ0v) is 12.9. The van der Waals surface area contributed by atoms with E-state index in [1.807, 2.05) is 0 Å². The number of carbonyl (C=O) groups is 2. The smallest absolute Gasteiger partial charge is 0.353 e. The first-order valence-corrected chi connectivity index (χ1v) is 7.65. The summed E-state index contributed by atoms with van der Waals surface area (Å²) < 4.78 is 49.8. The van der Waals surface area contributed by atoms with Gasteiger partial charge in [0, 0.05) is 25.6 Å². The summed E-state index contributed by atoms with van der Waals surface area (Å²) >= 11 is 0. The summed E-state index contributed by atoms with van der Waals surface area (Å²) in [6.07, 6.45) is -3.59. The number of amides is 2. The molecule has 0 aromatic heterocycles. The van der Waals surface area contributed by atoms with E-state index in [0.717, 1.165) is 10.5 Å². The predicted molar refractivity (Wildman–Crippen MR) is 78.5 cm³/mol. The average molecular weight is 346 g/mol. The zero-order valence-electron chi connectivity index (χ0n) is 12.9. The summed E-state index contributed by atoms with van der Waals surface area (Å²) in [7, 11) is 0. The van der Waals surface area contributed by atoms with Gasteiger partial charge in [0.2, 0.25) is 5.91 Å². The summed E-state index contributed by atoms with van der Waals surface area (Å²) in [5.41, 5.74) is 0.831. The number of nitrogens with one attached hydrogen (secondary N) is 1. The molecule has 0 radical (unpaired) electrons. The monoisotopic (exact) mass is 346 g/mol. The highest BCUT2D eigenvalue weighted by Gasteiger charge is 2.43. The second kappa shape index (κ2) is 7.63. The van der Waals surface area contributed by atoms with Crippen LogP contribution in [0.2, 0.25) is 0 Å².